The Bertz CT molecular complexity index is 368. The van der Waals surface area contributed by atoms with Crippen molar-refractivity contribution in [2.75, 3.05) is 13.2 Å². The Morgan fingerprint density at radius 1 is 1.13 bits per heavy atom. The summed E-state index contributed by atoms with van der Waals surface area (Å²) in [6.45, 7) is 0.894. The molecular weight excluding hydrogens is 202 g/mol. The fourth-order valence-electron chi connectivity index (χ4n) is 1.37. The Labute approximate surface area is 86.1 Å². The second-order valence-corrected chi connectivity index (χ2v) is 3.18. The molecule has 15 heavy (non-hydrogen) atoms. The molecule has 0 amide bonds. The first-order valence-corrected chi connectivity index (χ1v) is 4.63. The lowest BCUT2D eigenvalue weighted by Crippen LogP contribution is -2.11. The van der Waals surface area contributed by atoms with Gasteiger partial charge in [0, 0.05) is 12.0 Å². The van der Waals surface area contributed by atoms with E-state index in [0.717, 1.165) is 0 Å². The minimum absolute atomic E-state index is 0.00856. The van der Waals surface area contributed by atoms with E-state index in [0.29, 0.717) is 19.0 Å². The molecule has 0 atom stereocenters. The first-order chi connectivity index (χ1) is 7.27. The molecule has 1 aliphatic rings. The zero-order valence-corrected chi connectivity index (χ0v) is 8.00. The SMILES string of the molecule is Fc1cccc(F)c1CC1=COCCO1. The number of hydrogen-bond acceptors (Lipinski definition) is 2. The van der Waals surface area contributed by atoms with E-state index < -0.39 is 11.6 Å². The molecule has 2 rings (SSSR count). The molecule has 2 nitrogen and oxygen atoms in total. The summed E-state index contributed by atoms with van der Waals surface area (Å²) in [5, 5.41) is 0. The van der Waals surface area contributed by atoms with Crippen LogP contribution in [-0.4, -0.2) is 13.2 Å². The summed E-state index contributed by atoms with van der Waals surface area (Å²) in [5.74, 6) is -0.680. The quantitative estimate of drug-likeness (QED) is 0.749. The molecule has 0 saturated heterocycles. The third kappa shape index (κ3) is 2.26. The maximum absolute atomic E-state index is 13.2. The van der Waals surface area contributed by atoms with Crippen molar-refractivity contribution in [2.45, 2.75) is 6.42 Å². The standard InChI is InChI=1S/C11H10F2O2/c12-10-2-1-3-11(13)9(10)6-8-7-14-4-5-15-8/h1-3,7H,4-6H2. The maximum atomic E-state index is 13.2. The fourth-order valence-corrected chi connectivity index (χ4v) is 1.37. The number of ether oxygens (including phenoxy) is 2. The van der Waals surface area contributed by atoms with Crippen LogP contribution in [0.15, 0.2) is 30.2 Å². The summed E-state index contributed by atoms with van der Waals surface area (Å²) < 4.78 is 36.7. The maximum Gasteiger partial charge on any atom is 0.135 e. The fraction of sp³-hybridized carbons (Fsp3) is 0.273. The lowest BCUT2D eigenvalue weighted by molar-refractivity contribution is 0.0810. The number of hydrogen-bond donors (Lipinski definition) is 0. The third-order valence-corrected chi connectivity index (χ3v) is 2.12. The second-order valence-electron chi connectivity index (χ2n) is 3.18. The highest BCUT2D eigenvalue weighted by Gasteiger charge is 2.13. The van der Waals surface area contributed by atoms with Crippen LogP contribution in [0, 0.1) is 11.6 Å². The van der Waals surface area contributed by atoms with E-state index in [2.05, 4.69) is 0 Å². The van der Waals surface area contributed by atoms with Gasteiger partial charge in [0.1, 0.15) is 36.9 Å². The summed E-state index contributed by atoms with van der Waals surface area (Å²) in [7, 11) is 0. The first kappa shape index (κ1) is 9.96. The van der Waals surface area contributed by atoms with Gasteiger partial charge in [-0.25, -0.2) is 8.78 Å². The Hall–Kier alpha value is -1.58. The summed E-state index contributed by atoms with van der Waals surface area (Å²) >= 11 is 0. The molecule has 1 heterocycles. The molecule has 0 N–H and O–H groups in total. The van der Waals surface area contributed by atoms with Gasteiger partial charge in [-0.3, -0.25) is 0 Å². The highest BCUT2D eigenvalue weighted by molar-refractivity contribution is 5.23. The van der Waals surface area contributed by atoms with Gasteiger partial charge < -0.3 is 9.47 Å². The number of rotatable bonds is 2. The Morgan fingerprint density at radius 3 is 2.47 bits per heavy atom. The van der Waals surface area contributed by atoms with Gasteiger partial charge in [-0.2, -0.15) is 0 Å². The molecule has 0 unspecified atom stereocenters. The average Bonchev–Trinajstić information content (AvgIpc) is 2.25. The van der Waals surface area contributed by atoms with Crippen LogP contribution in [0.1, 0.15) is 5.56 Å². The van der Waals surface area contributed by atoms with Gasteiger partial charge in [0.05, 0.1) is 0 Å². The van der Waals surface area contributed by atoms with Gasteiger partial charge in [-0.05, 0) is 12.1 Å². The molecule has 0 aromatic heterocycles. The predicted octanol–water partition coefficient (Wildman–Crippen LogP) is 2.40. The first-order valence-electron chi connectivity index (χ1n) is 4.63. The van der Waals surface area contributed by atoms with Crippen LogP contribution >= 0.6 is 0 Å². The van der Waals surface area contributed by atoms with Crippen molar-refractivity contribution in [3.63, 3.8) is 0 Å². The molecule has 0 fully saturated rings. The largest absolute Gasteiger partial charge is 0.494 e. The molecule has 1 aromatic rings. The van der Waals surface area contributed by atoms with E-state index >= 15 is 0 Å². The van der Waals surface area contributed by atoms with Crippen molar-refractivity contribution in [3.05, 3.63) is 47.4 Å². The number of benzene rings is 1. The Balaban J connectivity index is 2.19. The Kier molecular flexibility index (Phi) is 2.85. The van der Waals surface area contributed by atoms with Gasteiger partial charge in [-0.15, -0.1) is 0 Å². The minimum Gasteiger partial charge on any atom is -0.494 e. The van der Waals surface area contributed by atoms with E-state index in [9.17, 15) is 8.78 Å². The van der Waals surface area contributed by atoms with Crippen molar-refractivity contribution in [3.8, 4) is 0 Å². The Morgan fingerprint density at radius 2 is 1.87 bits per heavy atom. The average molecular weight is 212 g/mol. The molecule has 0 bridgehead atoms. The van der Waals surface area contributed by atoms with E-state index in [1.54, 1.807) is 0 Å². The topological polar surface area (TPSA) is 18.5 Å². The van der Waals surface area contributed by atoms with Gasteiger partial charge in [-0.1, -0.05) is 6.07 Å². The molecule has 0 aliphatic carbocycles. The number of allylic oxidation sites excluding steroid dienone is 1. The second kappa shape index (κ2) is 4.29. The van der Waals surface area contributed by atoms with E-state index in [4.69, 9.17) is 9.47 Å². The monoisotopic (exact) mass is 212 g/mol. The van der Waals surface area contributed by atoms with Gasteiger partial charge in [0.25, 0.3) is 0 Å². The molecule has 0 radical (unpaired) electrons. The normalized spacial score (nSPS) is 15.2. The summed E-state index contributed by atoms with van der Waals surface area (Å²) in [6, 6.07) is 3.78. The molecule has 80 valence electrons. The number of halogens is 2. The van der Waals surface area contributed by atoms with Crippen LogP contribution in [0.3, 0.4) is 0 Å². The minimum atomic E-state index is -0.565. The van der Waals surface area contributed by atoms with Crippen molar-refractivity contribution in [1.82, 2.24) is 0 Å². The molecule has 1 aromatic carbocycles. The summed E-state index contributed by atoms with van der Waals surface area (Å²) in [5.41, 5.74) is 0.00856. The summed E-state index contributed by atoms with van der Waals surface area (Å²) in [4.78, 5) is 0. The van der Waals surface area contributed by atoms with Crippen LogP contribution in [0.4, 0.5) is 8.78 Å². The van der Waals surface area contributed by atoms with Crippen LogP contribution < -0.4 is 0 Å². The molecule has 4 heteroatoms. The lowest BCUT2D eigenvalue weighted by Gasteiger charge is -2.15. The van der Waals surface area contributed by atoms with Crippen molar-refractivity contribution < 1.29 is 18.3 Å². The van der Waals surface area contributed by atoms with Gasteiger partial charge >= 0.3 is 0 Å². The molecular formula is C11H10F2O2. The van der Waals surface area contributed by atoms with Crippen LogP contribution in [0.5, 0.6) is 0 Å². The van der Waals surface area contributed by atoms with Gasteiger partial charge in [0.15, 0.2) is 0 Å². The highest BCUT2D eigenvalue weighted by Crippen LogP contribution is 2.18. The zero-order chi connectivity index (χ0) is 10.7. The highest BCUT2D eigenvalue weighted by atomic mass is 19.1. The van der Waals surface area contributed by atoms with Crippen molar-refractivity contribution in [2.24, 2.45) is 0 Å². The van der Waals surface area contributed by atoms with E-state index in [-0.39, 0.29) is 12.0 Å². The van der Waals surface area contributed by atoms with E-state index in [1.807, 2.05) is 0 Å². The van der Waals surface area contributed by atoms with Crippen molar-refractivity contribution in [1.29, 1.82) is 0 Å². The van der Waals surface area contributed by atoms with E-state index in [1.165, 1.54) is 24.5 Å². The van der Waals surface area contributed by atoms with Crippen LogP contribution in [-0.2, 0) is 15.9 Å². The zero-order valence-electron chi connectivity index (χ0n) is 8.00. The molecule has 0 saturated carbocycles. The third-order valence-electron chi connectivity index (χ3n) is 2.12. The predicted molar refractivity (Wildman–Crippen MR) is 50.0 cm³/mol. The van der Waals surface area contributed by atoms with Crippen molar-refractivity contribution >= 4 is 0 Å². The molecule has 1 aliphatic heterocycles. The van der Waals surface area contributed by atoms with Gasteiger partial charge in [0.2, 0.25) is 0 Å². The summed E-state index contributed by atoms with van der Waals surface area (Å²) in [6.07, 6.45) is 1.48. The lowest BCUT2D eigenvalue weighted by atomic mass is 10.1. The molecule has 0 spiro atoms. The smallest absolute Gasteiger partial charge is 0.135 e. The van der Waals surface area contributed by atoms with Crippen LogP contribution in [0.2, 0.25) is 0 Å². The van der Waals surface area contributed by atoms with Crippen LogP contribution in [0.25, 0.3) is 0 Å².